The maximum atomic E-state index is 12.8. The van der Waals surface area contributed by atoms with Crippen LogP contribution in [0.4, 0.5) is 4.39 Å². The molecule has 2 N–H and O–H groups in total. The van der Waals surface area contributed by atoms with Gasteiger partial charge in [0.2, 0.25) is 0 Å². The lowest BCUT2D eigenvalue weighted by Gasteiger charge is -2.01. The van der Waals surface area contributed by atoms with Crippen molar-refractivity contribution >= 4 is 10.0 Å². The number of rotatable bonds is 2. The van der Waals surface area contributed by atoms with Crippen LogP contribution in [0.15, 0.2) is 23.1 Å². The largest absolute Gasteiger partial charge is 0.302 e. The molecule has 1 rings (SSSR count). The average Bonchev–Trinajstić information content (AvgIpc) is 2.18. The molecule has 0 atom stereocenters. The zero-order valence-corrected chi connectivity index (χ0v) is 7.55. The Balaban J connectivity index is 3.36. The maximum absolute atomic E-state index is 12.8. The van der Waals surface area contributed by atoms with Gasteiger partial charge in [0, 0.05) is 0 Å². The quantitative estimate of drug-likeness (QED) is 0.698. The third kappa shape index (κ3) is 1.88. The molecule has 0 amide bonds. The third-order valence-electron chi connectivity index (χ3n) is 1.49. The molecule has 5 nitrogen and oxygen atoms in total. The predicted molar refractivity (Wildman–Crippen MR) is 43.2 cm³/mol. The monoisotopic (exact) mass is 216 g/mol. The van der Waals surface area contributed by atoms with Crippen molar-refractivity contribution in [2.45, 2.75) is 4.90 Å². The molecular weight excluding hydrogens is 211 g/mol. The molecule has 0 spiro atoms. The summed E-state index contributed by atoms with van der Waals surface area (Å²) in [7, 11) is -4.06. The molecule has 0 fully saturated rings. The Kier molecular flexibility index (Phi) is 2.81. The van der Waals surface area contributed by atoms with Crippen LogP contribution in [0.1, 0.15) is 5.56 Å². The molecule has 0 heterocycles. The van der Waals surface area contributed by atoms with Crippen LogP contribution in [0.25, 0.3) is 0 Å². The van der Waals surface area contributed by atoms with Crippen LogP contribution < -0.4 is 4.89 Å². The van der Waals surface area contributed by atoms with Gasteiger partial charge in [0.15, 0.2) is 0 Å². The summed E-state index contributed by atoms with van der Waals surface area (Å²) in [6.07, 6.45) is 0. The number of sulfonamides is 1. The van der Waals surface area contributed by atoms with Crippen LogP contribution in [-0.2, 0) is 10.0 Å². The molecule has 0 aliphatic carbocycles. The lowest BCUT2D eigenvalue weighted by Crippen LogP contribution is -2.19. The highest BCUT2D eigenvalue weighted by atomic mass is 32.2. The van der Waals surface area contributed by atoms with E-state index in [1.54, 1.807) is 0 Å². The van der Waals surface area contributed by atoms with E-state index in [2.05, 4.69) is 0 Å². The van der Waals surface area contributed by atoms with Crippen molar-refractivity contribution in [1.82, 2.24) is 4.89 Å². The number of nitriles is 1. The summed E-state index contributed by atoms with van der Waals surface area (Å²) in [5.74, 6) is -0.815. The molecule has 74 valence electrons. The Morgan fingerprint density at radius 2 is 2.14 bits per heavy atom. The first-order valence-electron chi connectivity index (χ1n) is 3.37. The van der Waals surface area contributed by atoms with Crippen molar-refractivity contribution < 1.29 is 18.0 Å². The van der Waals surface area contributed by atoms with Crippen LogP contribution in [0, 0.1) is 17.1 Å². The summed E-state index contributed by atoms with van der Waals surface area (Å²) in [4.78, 5) is 0.692. The lowest BCUT2D eigenvalue weighted by atomic mass is 10.2. The van der Waals surface area contributed by atoms with Crippen molar-refractivity contribution in [3.05, 3.63) is 29.6 Å². The topological polar surface area (TPSA) is 90.2 Å². The third-order valence-corrected chi connectivity index (χ3v) is 2.60. The van der Waals surface area contributed by atoms with Crippen molar-refractivity contribution in [2.24, 2.45) is 0 Å². The SMILES string of the molecule is N#Cc1cc(S(=O)(=O)NO)ccc1F. The van der Waals surface area contributed by atoms with Gasteiger partial charge >= 0.3 is 0 Å². The lowest BCUT2D eigenvalue weighted by molar-refractivity contribution is 0.242. The van der Waals surface area contributed by atoms with Gasteiger partial charge in [-0.1, -0.05) is 4.89 Å². The molecule has 14 heavy (non-hydrogen) atoms. The first-order valence-corrected chi connectivity index (χ1v) is 4.85. The number of halogens is 1. The average molecular weight is 216 g/mol. The number of hydrogen-bond acceptors (Lipinski definition) is 4. The first kappa shape index (κ1) is 10.6. The Hall–Kier alpha value is -1.49. The minimum Gasteiger partial charge on any atom is -0.302 e. The van der Waals surface area contributed by atoms with Gasteiger partial charge in [0.25, 0.3) is 10.0 Å². The standard InChI is InChI=1S/C7H5FN2O3S/c8-7-2-1-6(3-5(7)4-9)14(12,13)10-11/h1-3,10-11H. The fourth-order valence-electron chi connectivity index (χ4n) is 0.810. The number of hydrogen-bond donors (Lipinski definition) is 2. The molecule has 1 aromatic carbocycles. The van der Waals surface area contributed by atoms with E-state index in [1.165, 1.54) is 6.07 Å². The van der Waals surface area contributed by atoms with Crippen LogP contribution >= 0.6 is 0 Å². The second kappa shape index (κ2) is 3.71. The fraction of sp³-hybridized carbons (Fsp3) is 0. The van der Waals surface area contributed by atoms with Gasteiger partial charge in [-0.25, -0.2) is 12.8 Å². The number of nitrogens with one attached hydrogen (secondary N) is 1. The highest BCUT2D eigenvalue weighted by molar-refractivity contribution is 7.89. The van der Waals surface area contributed by atoms with Gasteiger partial charge < -0.3 is 5.21 Å². The van der Waals surface area contributed by atoms with Crippen LogP contribution in [0.2, 0.25) is 0 Å². The molecule has 0 unspecified atom stereocenters. The van der Waals surface area contributed by atoms with E-state index in [4.69, 9.17) is 10.5 Å². The van der Waals surface area contributed by atoms with Crippen molar-refractivity contribution in [3.63, 3.8) is 0 Å². The van der Waals surface area contributed by atoms with E-state index in [9.17, 15) is 12.8 Å². The van der Waals surface area contributed by atoms with Gasteiger partial charge in [-0.3, -0.25) is 0 Å². The Labute approximate surface area is 79.4 Å². The summed E-state index contributed by atoms with van der Waals surface area (Å²) >= 11 is 0. The summed E-state index contributed by atoms with van der Waals surface area (Å²) in [6.45, 7) is 0. The zero-order chi connectivity index (χ0) is 10.8. The molecule has 0 aliphatic rings. The number of nitrogens with zero attached hydrogens (tertiary/aromatic N) is 1. The van der Waals surface area contributed by atoms with E-state index in [-0.39, 0.29) is 4.90 Å². The van der Waals surface area contributed by atoms with Crippen LogP contribution in [0.5, 0.6) is 0 Å². The Morgan fingerprint density at radius 3 is 2.64 bits per heavy atom. The van der Waals surface area contributed by atoms with Gasteiger partial charge in [-0.2, -0.15) is 5.26 Å². The highest BCUT2D eigenvalue weighted by Crippen LogP contribution is 2.13. The normalized spacial score (nSPS) is 10.9. The Bertz CT molecular complexity index is 492. The molecule has 0 aromatic heterocycles. The van der Waals surface area contributed by atoms with E-state index < -0.39 is 21.4 Å². The summed E-state index contributed by atoms with van der Waals surface area (Å²) in [6, 6.07) is 4.09. The summed E-state index contributed by atoms with van der Waals surface area (Å²) in [5.41, 5.74) is -0.402. The molecule has 0 aliphatic heterocycles. The summed E-state index contributed by atoms with van der Waals surface area (Å²) in [5, 5.41) is 16.7. The second-order valence-electron chi connectivity index (χ2n) is 2.35. The van der Waals surface area contributed by atoms with Crippen molar-refractivity contribution in [3.8, 4) is 6.07 Å². The molecule has 0 radical (unpaired) electrons. The molecule has 1 aromatic rings. The summed E-state index contributed by atoms with van der Waals surface area (Å²) < 4.78 is 34.7. The maximum Gasteiger partial charge on any atom is 0.262 e. The van der Waals surface area contributed by atoms with Gasteiger partial charge in [-0.05, 0) is 18.2 Å². The van der Waals surface area contributed by atoms with Crippen molar-refractivity contribution in [1.29, 1.82) is 5.26 Å². The predicted octanol–water partition coefficient (Wildman–Crippen LogP) is 0.365. The van der Waals surface area contributed by atoms with E-state index in [0.29, 0.717) is 0 Å². The minimum atomic E-state index is -4.06. The van der Waals surface area contributed by atoms with Crippen molar-refractivity contribution in [2.75, 3.05) is 0 Å². The first-order chi connectivity index (χ1) is 6.51. The van der Waals surface area contributed by atoms with E-state index >= 15 is 0 Å². The van der Waals surface area contributed by atoms with E-state index in [0.717, 1.165) is 23.1 Å². The van der Waals surface area contributed by atoms with Gasteiger partial charge in [0.05, 0.1) is 10.5 Å². The Morgan fingerprint density at radius 1 is 1.50 bits per heavy atom. The molecule has 0 bridgehead atoms. The van der Waals surface area contributed by atoms with E-state index in [1.807, 2.05) is 0 Å². The van der Waals surface area contributed by atoms with Gasteiger partial charge in [-0.15, -0.1) is 0 Å². The zero-order valence-electron chi connectivity index (χ0n) is 6.73. The van der Waals surface area contributed by atoms with Crippen LogP contribution in [0.3, 0.4) is 0 Å². The minimum absolute atomic E-state index is 0.377. The van der Waals surface area contributed by atoms with Crippen LogP contribution in [-0.4, -0.2) is 13.6 Å². The molecular formula is C7H5FN2O3S. The molecule has 0 saturated carbocycles. The number of benzene rings is 1. The molecule has 0 saturated heterocycles. The molecule has 7 heteroatoms. The smallest absolute Gasteiger partial charge is 0.262 e. The second-order valence-corrected chi connectivity index (χ2v) is 4.01. The van der Waals surface area contributed by atoms with Gasteiger partial charge in [0.1, 0.15) is 11.9 Å². The fourth-order valence-corrected chi connectivity index (χ4v) is 1.44. The highest BCUT2D eigenvalue weighted by Gasteiger charge is 2.14.